The number of carbonyl (C=O) groups is 1. The van der Waals surface area contributed by atoms with Crippen LogP contribution in [0.1, 0.15) is 16.8 Å². The van der Waals surface area contributed by atoms with Gasteiger partial charge in [0.1, 0.15) is 5.82 Å². The molecule has 180 valence electrons. The zero-order chi connectivity index (χ0) is 24.9. The van der Waals surface area contributed by atoms with Crippen LogP contribution in [0.2, 0.25) is 5.02 Å². The molecule has 0 saturated heterocycles. The Labute approximate surface area is 222 Å². The second-order valence-electron chi connectivity index (χ2n) is 8.21. The van der Waals surface area contributed by atoms with E-state index in [-0.39, 0.29) is 5.91 Å². The van der Waals surface area contributed by atoms with E-state index in [0.29, 0.717) is 29.3 Å². The lowest BCUT2D eigenvalue weighted by Crippen LogP contribution is -2.26. The number of anilines is 1. The Hall–Kier alpha value is -3.68. The minimum absolute atomic E-state index is 0.0853. The van der Waals surface area contributed by atoms with Crippen molar-refractivity contribution in [3.8, 4) is 22.4 Å². The molecule has 8 heteroatoms. The van der Waals surface area contributed by atoms with Crippen molar-refractivity contribution in [2.24, 2.45) is 0 Å². The van der Waals surface area contributed by atoms with E-state index in [1.807, 2.05) is 72.8 Å². The van der Waals surface area contributed by atoms with Crippen molar-refractivity contribution in [3.63, 3.8) is 0 Å². The van der Waals surface area contributed by atoms with E-state index in [1.54, 1.807) is 10.7 Å². The molecule has 5 aromatic rings. The minimum atomic E-state index is -0.0853. The van der Waals surface area contributed by atoms with Crippen LogP contribution >= 0.6 is 27.5 Å². The van der Waals surface area contributed by atoms with Gasteiger partial charge in [-0.2, -0.15) is 9.61 Å². The Balaban J connectivity index is 1.20. The standard InChI is InChI=1S/C28H23BrClN5O/c29-23-18-33-35-26(17-25(34-27(23)35)22-9-4-5-10-24(22)30)31-15-6-16-32-28(36)21-13-11-20(12-14-21)19-7-2-1-3-8-19/h1-5,7-14,17-18,31H,6,15-16H2,(H,32,36). The van der Waals surface area contributed by atoms with E-state index < -0.39 is 0 Å². The number of benzene rings is 3. The number of aromatic nitrogens is 3. The molecule has 0 spiro atoms. The third-order valence-electron chi connectivity index (χ3n) is 5.78. The zero-order valence-corrected chi connectivity index (χ0v) is 21.6. The van der Waals surface area contributed by atoms with Gasteiger partial charge in [-0.05, 0) is 51.7 Å². The van der Waals surface area contributed by atoms with Crippen LogP contribution in [-0.4, -0.2) is 33.6 Å². The summed E-state index contributed by atoms with van der Waals surface area (Å²) in [4.78, 5) is 17.3. The van der Waals surface area contributed by atoms with Crippen molar-refractivity contribution >= 4 is 44.9 Å². The molecule has 0 radical (unpaired) electrons. The van der Waals surface area contributed by atoms with Crippen LogP contribution in [0.4, 0.5) is 5.82 Å². The first kappa shape index (κ1) is 24.0. The second kappa shape index (κ2) is 10.9. The molecule has 2 N–H and O–H groups in total. The van der Waals surface area contributed by atoms with Crippen molar-refractivity contribution in [3.05, 3.63) is 106 Å². The lowest BCUT2D eigenvalue weighted by Gasteiger charge is -2.12. The third kappa shape index (κ3) is 5.27. The summed E-state index contributed by atoms with van der Waals surface area (Å²) in [6.07, 6.45) is 2.45. The molecule has 0 fully saturated rings. The normalized spacial score (nSPS) is 10.9. The largest absolute Gasteiger partial charge is 0.370 e. The molecule has 0 saturated carbocycles. The molecule has 36 heavy (non-hydrogen) atoms. The maximum absolute atomic E-state index is 12.6. The van der Waals surface area contributed by atoms with Gasteiger partial charge in [0.2, 0.25) is 0 Å². The summed E-state index contributed by atoms with van der Waals surface area (Å²) in [5, 5.41) is 11.5. The summed E-state index contributed by atoms with van der Waals surface area (Å²) in [5.74, 6) is 0.710. The monoisotopic (exact) mass is 559 g/mol. The Bertz CT molecular complexity index is 1500. The number of halogens is 2. The summed E-state index contributed by atoms with van der Waals surface area (Å²) in [7, 11) is 0. The highest BCUT2D eigenvalue weighted by molar-refractivity contribution is 9.10. The van der Waals surface area contributed by atoms with Crippen molar-refractivity contribution in [2.75, 3.05) is 18.4 Å². The van der Waals surface area contributed by atoms with E-state index >= 15 is 0 Å². The highest BCUT2D eigenvalue weighted by Gasteiger charge is 2.13. The maximum Gasteiger partial charge on any atom is 0.251 e. The smallest absolute Gasteiger partial charge is 0.251 e. The molecular weight excluding hydrogens is 538 g/mol. The summed E-state index contributed by atoms with van der Waals surface area (Å²) < 4.78 is 2.54. The van der Waals surface area contributed by atoms with Crippen molar-refractivity contribution < 1.29 is 4.79 Å². The SMILES string of the molecule is O=C(NCCCNc1cc(-c2ccccc2Cl)nc2c(Br)cnn12)c1ccc(-c2ccccc2)cc1. The number of nitrogens with one attached hydrogen (secondary N) is 2. The lowest BCUT2D eigenvalue weighted by molar-refractivity contribution is 0.0953. The number of hydrogen-bond acceptors (Lipinski definition) is 4. The molecule has 0 aliphatic rings. The van der Waals surface area contributed by atoms with Crippen molar-refractivity contribution in [1.82, 2.24) is 19.9 Å². The Morgan fingerprint density at radius 2 is 1.64 bits per heavy atom. The molecule has 5 rings (SSSR count). The Kier molecular flexibility index (Phi) is 7.30. The van der Waals surface area contributed by atoms with E-state index in [9.17, 15) is 4.79 Å². The van der Waals surface area contributed by atoms with Gasteiger partial charge in [-0.3, -0.25) is 4.79 Å². The summed E-state index contributed by atoms with van der Waals surface area (Å²) in [5.41, 5.74) is 5.16. The average molecular weight is 561 g/mol. The number of nitrogens with zero attached hydrogens (tertiary/aromatic N) is 3. The number of fused-ring (bicyclic) bond motifs is 1. The maximum atomic E-state index is 12.6. The van der Waals surface area contributed by atoms with Crippen LogP contribution in [0, 0.1) is 0 Å². The predicted molar refractivity (Wildman–Crippen MR) is 148 cm³/mol. The zero-order valence-electron chi connectivity index (χ0n) is 19.3. The van der Waals surface area contributed by atoms with Gasteiger partial charge in [-0.25, -0.2) is 4.98 Å². The molecule has 0 aliphatic heterocycles. The number of rotatable bonds is 8. The van der Waals surface area contributed by atoms with E-state index in [2.05, 4.69) is 43.8 Å². The molecule has 3 aromatic carbocycles. The van der Waals surface area contributed by atoms with Crippen LogP contribution in [0.5, 0.6) is 0 Å². The summed E-state index contributed by atoms with van der Waals surface area (Å²) >= 11 is 9.93. The summed E-state index contributed by atoms with van der Waals surface area (Å²) in [6.45, 7) is 1.19. The van der Waals surface area contributed by atoms with Gasteiger partial charge in [0.05, 0.1) is 16.4 Å². The minimum Gasteiger partial charge on any atom is -0.370 e. The number of amides is 1. The quantitative estimate of drug-likeness (QED) is 0.207. The van der Waals surface area contributed by atoms with Gasteiger partial charge in [0.15, 0.2) is 5.65 Å². The molecular formula is C28H23BrClN5O. The molecule has 6 nitrogen and oxygen atoms in total. The van der Waals surface area contributed by atoms with Crippen LogP contribution in [0.25, 0.3) is 28.0 Å². The summed E-state index contributed by atoms with van der Waals surface area (Å²) in [6, 6.07) is 27.3. The second-order valence-corrected chi connectivity index (χ2v) is 9.48. The van der Waals surface area contributed by atoms with Crippen LogP contribution in [-0.2, 0) is 0 Å². The van der Waals surface area contributed by atoms with Gasteiger partial charge in [0.25, 0.3) is 5.91 Å². The first-order chi connectivity index (χ1) is 17.6. The van der Waals surface area contributed by atoms with Crippen LogP contribution < -0.4 is 10.6 Å². The molecule has 0 aliphatic carbocycles. The molecule has 0 atom stereocenters. The van der Waals surface area contributed by atoms with E-state index in [1.165, 1.54) is 0 Å². The number of hydrogen-bond donors (Lipinski definition) is 2. The van der Waals surface area contributed by atoms with Crippen LogP contribution in [0.15, 0.2) is 95.6 Å². The van der Waals surface area contributed by atoms with Crippen LogP contribution in [0.3, 0.4) is 0 Å². The topological polar surface area (TPSA) is 71.3 Å². The van der Waals surface area contributed by atoms with Gasteiger partial charge in [-0.15, -0.1) is 0 Å². The van der Waals surface area contributed by atoms with Gasteiger partial charge < -0.3 is 10.6 Å². The number of carbonyl (C=O) groups excluding carboxylic acids is 1. The Morgan fingerprint density at radius 1 is 0.917 bits per heavy atom. The van der Waals surface area contributed by atoms with E-state index in [4.69, 9.17) is 16.6 Å². The fourth-order valence-corrected chi connectivity index (χ4v) is 4.50. The fourth-order valence-electron chi connectivity index (χ4n) is 3.92. The Morgan fingerprint density at radius 3 is 2.42 bits per heavy atom. The first-order valence-electron chi connectivity index (χ1n) is 11.6. The van der Waals surface area contributed by atoms with Gasteiger partial charge >= 0.3 is 0 Å². The molecule has 2 aromatic heterocycles. The van der Waals surface area contributed by atoms with Gasteiger partial charge in [0, 0.05) is 35.3 Å². The molecule has 1 amide bonds. The lowest BCUT2D eigenvalue weighted by atomic mass is 10.0. The molecule has 2 heterocycles. The van der Waals surface area contributed by atoms with E-state index in [0.717, 1.165) is 39.1 Å². The predicted octanol–water partition coefficient (Wildman–Crippen LogP) is 6.71. The van der Waals surface area contributed by atoms with Gasteiger partial charge in [-0.1, -0.05) is 72.3 Å². The molecule has 0 unspecified atom stereocenters. The highest BCUT2D eigenvalue weighted by atomic mass is 79.9. The third-order valence-corrected chi connectivity index (χ3v) is 6.67. The average Bonchev–Trinajstić information content (AvgIpc) is 3.30. The van der Waals surface area contributed by atoms with Crippen molar-refractivity contribution in [2.45, 2.75) is 6.42 Å². The molecule has 0 bridgehead atoms. The first-order valence-corrected chi connectivity index (χ1v) is 12.7. The fraction of sp³-hybridized carbons (Fsp3) is 0.107. The van der Waals surface area contributed by atoms with Crippen molar-refractivity contribution in [1.29, 1.82) is 0 Å². The highest BCUT2D eigenvalue weighted by Crippen LogP contribution is 2.30.